The SMILES string of the molecule is c1ccc2c(c1)oc1c3cnccc3c3c4ncccc4n(-c4ccncc4)c3c21. The molecule has 0 saturated carbocycles. The van der Waals surface area contributed by atoms with Gasteiger partial charge in [0.15, 0.2) is 0 Å². The van der Waals surface area contributed by atoms with Gasteiger partial charge in [0, 0.05) is 58.2 Å². The lowest BCUT2D eigenvalue weighted by Gasteiger charge is -2.09. The van der Waals surface area contributed by atoms with Gasteiger partial charge in [-0.1, -0.05) is 18.2 Å². The number of pyridine rings is 3. The number of aromatic nitrogens is 4. The molecule has 0 N–H and O–H groups in total. The smallest absolute Gasteiger partial charge is 0.146 e. The van der Waals surface area contributed by atoms with Gasteiger partial charge in [-0.3, -0.25) is 15.0 Å². The molecule has 7 rings (SSSR count). The van der Waals surface area contributed by atoms with E-state index in [1.165, 1.54) is 0 Å². The second kappa shape index (κ2) is 5.64. The van der Waals surface area contributed by atoms with Gasteiger partial charge in [0.2, 0.25) is 0 Å². The van der Waals surface area contributed by atoms with Gasteiger partial charge in [0.25, 0.3) is 0 Å². The third kappa shape index (κ3) is 1.89. The van der Waals surface area contributed by atoms with Gasteiger partial charge < -0.3 is 8.98 Å². The zero-order valence-corrected chi connectivity index (χ0v) is 15.8. The lowest BCUT2D eigenvalue weighted by atomic mass is 10.0. The average molecular weight is 386 g/mol. The van der Waals surface area contributed by atoms with E-state index in [0.29, 0.717) is 0 Å². The van der Waals surface area contributed by atoms with Crippen LogP contribution in [0.3, 0.4) is 0 Å². The molecule has 5 heteroatoms. The van der Waals surface area contributed by atoms with Crippen LogP contribution in [0.4, 0.5) is 0 Å². The van der Waals surface area contributed by atoms with Gasteiger partial charge in [-0.15, -0.1) is 0 Å². The molecule has 0 aliphatic carbocycles. The van der Waals surface area contributed by atoms with Crippen LogP contribution in [-0.4, -0.2) is 19.5 Å². The Bertz CT molecular complexity index is 1750. The summed E-state index contributed by atoms with van der Waals surface area (Å²) < 4.78 is 8.64. The van der Waals surface area contributed by atoms with Gasteiger partial charge >= 0.3 is 0 Å². The largest absolute Gasteiger partial charge is 0.455 e. The Morgan fingerprint density at radius 2 is 1.57 bits per heavy atom. The van der Waals surface area contributed by atoms with E-state index < -0.39 is 0 Å². The zero-order valence-electron chi connectivity index (χ0n) is 15.8. The van der Waals surface area contributed by atoms with E-state index in [1.807, 2.05) is 67.4 Å². The molecule has 0 bridgehead atoms. The van der Waals surface area contributed by atoms with Crippen molar-refractivity contribution in [3.63, 3.8) is 0 Å². The topological polar surface area (TPSA) is 56.7 Å². The molecule has 5 heterocycles. The number of hydrogen-bond acceptors (Lipinski definition) is 4. The van der Waals surface area contributed by atoms with Crippen LogP contribution in [0.15, 0.2) is 90.0 Å². The number of hydrogen-bond donors (Lipinski definition) is 0. The average Bonchev–Trinajstić information content (AvgIpc) is 3.36. The van der Waals surface area contributed by atoms with Gasteiger partial charge in [0.05, 0.1) is 21.9 Å². The normalized spacial score (nSPS) is 12.0. The Morgan fingerprint density at radius 3 is 2.50 bits per heavy atom. The number of furan rings is 1. The van der Waals surface area contributed by atoms with Crippen molar-refractivity contribution in [2.45, 2.75) is 0 Å². The molecule has 0 aliphatic rings. The van der Waals surface area contributed by atoms with Crippen LogP contribution in [0.5, 0.6) is 0 Å². The van der Waals surface area contributed by atoms with E-state index in [4.69, 9.17) is 9.40 Å². The molecule has 0 fully saturated rings. The Kier molecular flexibility index (Phi) is 2.94. The lowest BCUT2D eigenvalue weighted by molar-refractivity contribution is 0.672. The van der Waals surface area contributed by atoms with Crippen LogP contribution in [-0.2, 0) is 0 Å². The van der Waals surface area contributed by atoms with Crippen molar-refractivity contribution in [1.29, 1.82) is 0 Å². The summed E-state index contributed by atoms with van der Waals surface area (Å²) in [4.78, 5) is 13.4. The van der Waals surface area contributed by atoms with E-state index in [-0.39, 0.29) is 0 Å². The van der Waals surface area contributed by atoms with Crippen molar-refractivity contribution in [3.8, 4) is 5.69 Å². The number of nitrogens with zero attached hydrogens (tertiary/aromatic N) is 4. The molecule has 5 nitrogen and oxygen atoms in total. The second-order valence-corrected chi connectivity index (χ2v) is 7.36. The first-order valence-corrected chi connectivity index (χ1v) is 9.78. The van der Waals surface area contributed by atoms with E-state index in [2.05, 4.69) is 32.7 Å². The highest BCUT2D eigenvalue weighted by molar-refractivity contribution is 6.34. The Labute approximate surface area is 170 Å². The van der Waals surface area contributed by atoms with Crippen molar-refractivity contribution in [3.05, 3.63) is 85.6 Å². The third-order valence-corrected chi connectivity index (χ3v) is 5.81. The maximum Gasteiger partial charge on any atom is 0.146 e. The lowest BCUT2D eigenvalue weighted by Crippen LogP contribution is -1.94. The maximum absolute atomic E-state index is 6.37. The Morgan fingerprint density at radius 1 is 0.700 bits per heavy atom. The molecule has 30 heavy (non-hydrogen) atoms. The molecule has 0 saturated heterocycles. The van der Waals surface area contributed by atoms with E-state index in [9.17, 15) is 0 Å². The molecule has 5 aromatic heterocycles. The molecule has 2 aromatic carbocycles. The van der Waals surface area contributed by atoms with Crippen molar-refractivity contribution in [1.82, 2.24) is 19.5 Å². The second-order valence-electron chi connectivity index (χ2n) is 7.36. The first-order chi connectivity index (χ1) is 14.9. The third-order valence-electron chi connectivity index (χ3n) is 5.81. The number of benzene rings is 2. The summed E-state index contributed by atoms with van der Waals surface area (Å²) in [5.74, 6) is 0. The molecule has 0 aliphatic heterocycles. The van der Waals surface area contributed by atoms with Crippen LogP contribution >= 0.6 is 0 Å². The first kappa shape index (κ1) is 15.6. The predicted octanol–water partition coefficient (Wildman–Crippen LogP) is 6.02. The summed E-state index contributed by atoms with van der Waals surface area (Å²) in [6.45, 7) is 0. The number of rotatable bonds is 1. The fraction of sp³-hybridized carbons (Fsp3) is 0. The molecule has 140 valence electrons. The molecule has 0 amide bonds. The van der Waals surface area contributed by atoms with Gasteiger partial charge in [-0.25, -0.2) is 0 Å². The summed E-state index contributed by atoms with van der Waals surface area (Å²) in [7, 11) is 0. The summed E-state index contributed by atoms with van der Waals surface area (Å²) in [6.07, 6.45) is 9.20. The summed E-state index contributed by atoms with van der Waals surface area (Å²) >= 11 is 0. The van der Waals surface area contributed by atoms with Crippen LogP contribution in [0.25, 0.3) is 60.3 Å². The van der Waals surface area contributed by atoms with Crippen molar-refractivity contribution in [2.24, 2.45) is 0 Å². The maximum atomic E-state index is 6.37. The summed E-state index contributed by atoms with van der Waals surface area (Å²) in [5, 5.41) is 5.36. The summed E-state index contributed by atoms with van der Waals surface area (Å²) in [5.41, 5.74) is 5.86. The molecular formula is C25H14N4O. The van der Waals surface area contributed by atoms with Gasteiger partial charge in [-0.2, -0.15) is 0 Å². The van der Waals surface area contributed by atoms with Crippen molar-refractivity contribution < 1.29 is 4.42 Å². The van der Waals surface area contributed by atoms with Crippen LogP contribution in [0.1, 0.15) is 0 Å². The summed E-state index contributed by atoms with van der Waals surface area (Å²) in [6, 6.07) is 18.4. The van der Waals surface area contributed by atoms with Crippen molar-refractivity contribution in [2.75, 3.05) is 0 Å². The van der Waals surface area contributed by atoms with E-state index in [0.717, 1.165) is 60.3 Å². The number of fused-ring (bicyclic) bond motifs is 10. The van der Waals surface area contributed by atoms with Crippen LogP contribution < -0.4 is 0 Å². The minimum Gasteiger partial charge on any atom is -0.455 e. The molecule has 7 aromatic rings. The molecule has 0 radical (unpaired) electrons. The molecule has 0 atom stereocenters. The Balaban J connectivity index is 1.91. The van der Waals surface area contributed by atoms with Crippen molar-refractivity contribution >= 4 is 54.6 Å². The van der Waals surface area contributed by atoms with Gasteiger partial charge in [0.1, 0.15) is 11.2 Å². The standard InChI is InChI=1S/C25H14N4O/c1-2-6-20-17(4-1)22-24-21(16-9-13-27-14-18(16)25(22)30-20)23-19(5-3-10-28-23)29(24)15-7-11-26-12-8-15/h1-14H. The highest BCUT2D eigenvalue weighted by Gasteiger charge is 2.23. The fourth-order valence-electron chi connectivity index (χ4n) is 4.63. The highest BCUT2D eigenvalue weighted by Crippen LogP contribution is 2.44. The molecule has 0 spiro atoms. The molecule has 0 unspecified atom stereocenters. The van der Waals surface area contributed by atoms with Crippen LogP contribution in [0, 0.1) is 0 Å². The van der Waals surface area contributed by atoms with E-state index >= 15 is 0 Å². The number of para-hydroxylation sites is 1. The minimum atomic E-state index is 0.852. The van der Waals surface area contributed by atoms with Gasteiger partial charge in [-0.05, 0) is 36.4 Å². The minimum absolute atomic E-state index is 0.852. The first-order valence-electron chi connectivity index (χ1n) is 9.78. The predicted molar refractivity (Wildman–Crippen MR) is 119 cm³/mol. The quantitative estimate of drug-likeness (QED) is 0.346. The van der Waals surface area contributed by atoms with E-state index in [1.54, 1.807) is 0 Å². The van der Waals surface area contributed by atoms with Crippen LogP contribution in [0.2, 0.25) is 0 Å². The molecular weight excluding hydrogens is 372 g/mol. The monoisotopic (exact) mass is 386 g/mol. The Hall–Kier alpha value is -4.25. The fourth-order valence-corrected chi connectivity index (χ4v) is 4.63. The zero-order chi connectivity index (χ0) is 19.7. The highest BCUT2D eigenvalue weighted by atomic mass is 16.3.